The molecule has 1 fully saturated rings. The summed E-state index contributed by atoms with van der Waals surface area (Å²) in [6.07, 6.45) is -4.00. The summed E-state index contributed by atoms with van der Waals surface area (Å²) < 4.78 is 52.8. The largest absolute Gasteiger partial charge is 0.494 e. The Morgan fingerprint density at radius 2 is 1.51 bits per heavy atom. The molecule has 4 aromatic rings. The van der Waals surface area contributed by atoms with Crippen molar-refractivity contribution < 1.29 is 27.4 Å². The lowest BCUT2D eigenvalue weighted by Gasteiger charge is -2.43. The lowest BCUT2D eigenvalue weighted by Crippen LogP contribution is -2.45. The molecule has 236 valence electrons. The molecule has 1 heterocycles. The molecule has 1 aliphatic rings. The number of carbonyl (C=O) groups excluding carboxylic acids is 1. The first-order chi connectivity index (χ1) is 21.7. The van der Waals surface area contributed by atoms with Crippen molar-refractivity contribution >= 4 is 17.5 Å². The van der Waals surface area contributed by atoms with Crippen LogP contribution in [-0.2, 0) is 23.0 Å². The van der Waals surface area contributed by atoms with E-state index in [-0.39, 0.29) is 17.5 Å². The molecule has 0 atom stereocenters. The van der Waals surface area contributed by atoms with Crippen molar-refractivity contribution in [1.29, 1.82) is 0 Å². The second-order valence-corrected chi connectivity index (χ2v) is 11.5. The number of hydrogen-bond donors (Lipinski definition) is 0. The van der Waals surface area contributed by atoms with Gasteiger partial charge in [-0.3, -0.25) is 9.69 Å². The van der Waals surface area contributed by atoms with Gasteiger partial charge in [0.05, 0.1) is 35.9 Å². The van der Waals surface area contributed by atoms with Crippen molar-refractivity contribution in [2.45, 2.75) is 31.6 Å². The maximum Gasteiger partial charge on any atom is 0.417 e. The highest BCUT2D eigenvalue weighted by Gasteiger charge is 2.38. The third-order valence-electron chi connectivity index (χ3n) is 8.27. The standard InChI is InChI=1S/C36H36ClF3N2O3/c1-35(29-13-4-2-5-14-29,30-15-6-3-7-16-30)42(26-28-12-9-18-32(33(28)37)36(38,39)40)19-10-22-45-31-17-8-11-27(25-31)34(43)41-20-23-44-24-21-41/h2-9,11-18,25H,10,19-24,26H2,1H3. The van der Waals surface area contributed by atoms with Gasteiger partial charge in [0.25, 0.3) is 5.91 Å². The number of rotatable bonds is 11. The minimum atomic E-state index is -4.56. The van der Waals surface area contributed by atoms with E-state index in [2.05, 4.69) is 11.8 Å². The van der Waals surface area contributed by atoms with E-state index >= 15 is 0 Å². The highest BCUT2D eigenvalue weighted by atomic mass is 35.5. The molecule has 5 rings (SSSR count). The number of halogens is 4. The molecule has 1 saturated heterocycles. The zero-order chi connectivity index (χ0) is 31.9. The van der Waals surface area contributed by atoms with E-state index in [1.807, 2.05) is 66.7 Å². The van der Waals surface area contributed by atoms with Gasteiger partial charge in [0.15, 0.2) is 0 Å². The maximum absolute atomic E-state index is 13.8. The summed E-state index contributed by atoms with van der Waals surface area (Å²) in [5.74, 6) is 0.518. The highest BCUT2D eigenvalue weighted by Crippen LogP contribution is 2.40. The van der Waals surface area contributed by atoms with Gasteiger partial charge in [0.1, 0.15) is 5.75 Å². The minimum absolute atomic E-state index is 0.0608. The van der Waals surface area contributed by atoms with Gasteiger partial charge in [0.2, 0.25) is 0 Å². The van der Waals surface area contributed by atoms with Crippen molar-refractivity contribution in [1.82, 2.24) is 9.80 Å². The van der Waals surface area contributed by atoms with E-state index in [4.69, 9.17) is 21.1 Å². The van der Waals surface area contributed by atoms with Crippen LogP contribution in [0.15, 0.2) is 103 Å². The Balaban J connectivity index is 1.39. The summed E-state index contributed by atoms with van der Waals surface area (Å²) in [6, 6.07) is 31.0. The van der Waals surface area contributed by atoms with Crippen molar-refractivity contribution in [3.8, 4) is 5.75 Å². The number of benzene rings is 4. The normalized spacial score (nSPS) is 14.0. The Bertz CT molecular complexity index is 1520. The number of nitrogens with zero attached hydrogens (tertiary/aromatic N) is 2. The van der Waals surface area contributed by atoms with Crippen LogP contribution in [0.1, 0.15) is 46.0 Å². The van der Waals surface area contributed by atoms with Gasteiger partial charge in [-0.25, -0.2) is 0 Å². The highest BCUT2D eigenvalue weighted by molar-refractivity contribution is 6.32. The van der Waals surface area contributed by atoms with Crippen LogP contribution in [0.25, 0.3) is 0 Å². The number of hydrogen-bond acceptors (Lipinski definition) is 4. The second kappa shape index (κ2) is 14.5. The lowest BCUT2D eigenvalue weighted by molar-refractivity contribution is -0.137. The number of alkyl halides is 3. The second-order valence-electron chi connectivity index (χ2n) is 11.1. The molecule has 4 aromatic carbocycles. The van der Waals surface area contributed by atoms with Crippen LogP contribution in [0, 0.1) is 0 Å². The first-order valence-corrected chi connectivity index (χ1v) is 15.4. The summed E-state index contributed by atoms with van der Waals surface area (Å²) in [4.78, 5) is 16.9. The molecule has 0 aliphatic carbocycles. The quantitative estimate of drug-likeness (QED) is 0.156. The topological polar surface area (TPSA) is 42.0 Å². The molecule has 0 radical (unpaired) electrons. The van der Waals surface area contributed by atoms with Gasteiger partial charge < -0.3 is 14.4 Å². The van der Waals surface area contributed by atoms with Crippen LogP contribution >= 0.6 is 11.6 Å². The van der Waals surface area contributed by atoms with E-state index in [9.17, 15) is 18.0 Å². The zero-order valence-corrected chi connectivity index (χ0v) is 25.9. The Labute approximate surface area is 267 Å². The van der Waals surface area contributed by atoms with E-state index in [0.717, 1.165) is 17.2 Å². The average molecular weight is 637 g/mol. The van der Waals surface area contributed by atoms with Crippen LogP contribution in [0.3, 0.4) is 0 Å². The molecule has 1 aliphatic heterocycles. The van der Waals surface area contributed by atoms with Gasteiger partial charge in [0, 0.05) is 31.7 Å². The Hall–Kier alpha value is -3.85. The molecular weight excluding hydrogens is 601 g/mol. The molecule has 0 bridgehead atoms. The number of carbonyl (C=O) groups is 1. The van der Waals surface area contributed by atoms with Gasteiger partial charge in [-0.15, -0.1) is 0 Å². The third kappa shape index (κ3) is 7.69. The van der Waals surface area contributed by atoms with Crippen molar-refractivity contribution in [3.05, 3.63) is 136 Å². The Kier molecular flexibility index (Phi) is 10.5. The average Bonchev–Trinajstić information content (AvgIpc) is 3.07. The summed E-state index contributed by atoms with van der Waals surface area (Å²) in [5.41, 5.74) is 1.38. The van der Waals surface area contributed by atoms with Crippen LogP contribution in [0.2, 0.25) is 5.02 Å². The zero-order valence-electron chi connectivity index (χ0n) is 25.1. The third-order valence-corrected chi connectivity index (χ3v) is 8.72. The van der Waals surface area contributed by atoms with Gasteiger partial charge in [-0.05, 0) is 54.3 Å². The first kappa shape index (κ1) is 32.5. The van der Waals surface area contributed by atoms with E-state index < -0.39 is 17.3 Å². The van der Waals surface area contributed by atoms with Crippen LogP contribution < -0.4 is 4.74 Å². The fraction of sp³-hybridized carbons (Fsp3) is 0.306. The smallest absolute Gasteiger partial charge is 0.417 e. The first-order valence-electron chi connectivity index (χ1n) is 15.0. The summed E-state index contributed by atoms with van der Waals surface area (Å²) >= 11 is 6.41. The number of ether oxygens (including phenoxy) is 2. The van der Waals surface area contributed by atoms with Crippen molar-refractivity contribution in [2.24, 2.45) is 0 Å². The van der Waals surface area contributed by atoms with Crippen LogP contribution in [-0.4, -0.2) is 55.2 Å². The molecule has 0 N–H and O–H groups in total. The van der Waals surface area contributed by atoms with E-state index in [0.29, 0.717) is 62.8 Å². The fourth-order valence-corrected chi connectivity index (χ4v) is 6.05. The molecule has 5 nitrogen and oxygen atoms in total. The monoisotopic (exact) mass is 636 g/mol. The van der Waals surface area contributed by atoms with Gasteiger partial charge >= 0.3 is 6.18 Å². The Morgan fingerprint density at radius 1 is 0.889 bits per heavy atom. The SMILES string of the molecule is CC(c1ccccc1)(c1ccccc1)N(CCCOc1cccc(C(=O)N2CCOCC2)c1)Cc1cccc(C(F)(F)F)c1Cl. The molecule has 0 saturated carbocycles. The predicted octanol–water partition coefficient (Wildman–Crippen LogP) is 8.07. The van der Waals surface area contributed by atoms with Gasteiger partial charge in [-0.1, -0.05) is 90.5 Å². The molecule has 0 unspecified atom stereocenters. The Morgan fingerprint density at radius 3 is 2.13 bits per heavy atom. The summed E-state index contributed by atoms with van der Waals surface area (Å²) in [7, 11) is 0. The predicted molar refractivity (Wildman–Crippen MR) is 169 cm³/mol. The number of morpholine rings is 1. The summed E-state index contributed by atoms with van der Waals surface area (Å²) in [6.45, 7) is 5.23. The van der Waals surface area contributed by atoms with E-state index in [1.165, 1.54) is 6.07 Å². The van der Waals surface area contributed by atoms with E-state index in [1.54, 1.807) is 29.2 Å². The lowest BCUT2D eigenvalue weighted by atomic mass is 9.82. The van der Waals surface area contributed by atoms with Gasteiger partial charge in [-0.2, -0.15) is 13.2 Å². The molecule has 0 aromatic heterocycles. The van der Waals surface area contributed by atoms with Crippen LogP contribution in [0.4, 0.5) is 13.2 Å². The number of amides is 1. The molecule has 45 heavy (non-hydrogen) atoms. The maximum atomic E-state index is 13.8. The summed E-state index contributed by atoms with van der Waals surface area (Å²) in [5, 5.41) is -0.295. The molecule has 1 amide bonds. The minimum Gasteiger partial charge on any atom is -0.494 e. The molecule has 9 heteroatoms. The molecule has 0 spiro atoms. The van der Waals surface area contributed by atoms with Crippen molar-refractivity contribution in [3.63, 3.8) is 0 Å². The van der Waals surface area contributed by atoms with Crippen LogP contribution in [0.5, 0.6) is 5.75 Å². The fourth-order valence-electron chi connectivity index (χ4n) is 5.76. The molecular formula is C36H36ClF3N2O3. The van der Waals surface area contributed by atoms with Crippen molar-refractivity contribution in [2.75, 3.05) is 39.5 Å².